The predicted octanol–water partition coefficient (Wildman–Crippen LogP) is 1.21. The number of carbonyl (C=O) groups excluding carboxylic acids is 1. The molecule has 0 aliphatic carbocycles. The van der Waals surface area contributed by atoms with Gasteiger partial charge in [0.15, 0.2) is 0 Å². The molecule has 0 saturated carbocycles. The normalized spacial score (nSPS) is 18.6. The highest BCUT2D eigenvalue weighted by atomic mass is 16.6. The third-order valence-electron chi connectivity index (χ3n) is 3.39. The Balaban J connectivity index is 2.21. The van der Waals surface area contributed by atoms with E-state index in [0.717, 1.165) is 30.5 Å². The van der Waals surface area contributed by atoms with Crippen molar-refractivity contribution in [1.29, 1.82) is 0 Å². The summed E-state index contributed by atoms with van der Waals surface area (Å²) in [7, 11) is 3.95. The standard InChI is InChI=1S/C13H17N3O3/c1-14(2)5-6-15-8-10-7-11(16(18)19)3-4-12(10)13(15)9-17/h3-4,7,9,13H,5-6,8H2,1-2H3. The molecule has 1 aliphatic heterocycles. The van der Waals surface area contributed by atoms with Crippen LogP contribution < -0.4 is 0 Å². The molecular weight excluding hydrogens is 246 g/mol. The molecule has 1 aliphatic rings. The lowest BCUT2D eigenvalue weighted by Crippen LogP contribution is -2.31. The largest absolute Gasteiger partial charge is 0.308 e. The molecule has 1 aromatic carbocycles. The minimum Gasteiger partial charge on any atom is -0.308 e. The van der Waals surface area contributed by atoms with E-state index in [1.165, 1.54) is 6.07 Å². The van der Waals surface area contributed by atoms with Crippen molar-refractivity contribution >= 4 is 12.0 Å². The molecule has 0 fully saturated rings. The number of nitro groups is 1. The fourth-order valence-electron chi connectivity index (χ4n) is 2.35. The Morgan fingerprint density at radius 1 is 1.53 bits per heavy atom. The van der Waals surface area contributed by atoms with Crippen molar-refractivity contribution in [3.05, 3.63) is 39.4 Å². The second-order valence-electron chi connectivity index (χ2n) is 4.99. The molecule has 19 heavy (non-hydrogen) atoms. The summed E-state index contributed by atoms with van der Waals surface area (Å²) in [6.07, 6.45) is 0.910. The van der Waals surface area contributed by atoms with Crippen LogP contribution in [0.1, 0.15) is 17.2 Å². The fraction of sp³-hybridized carbons (Fsp3) is 0.462. The Hall–Kier alpha value is -1.79. The molecule has 102 valence electrons. The summed E-state index contributed by atoms with van der Waals surface area (Å²) in [5.41, 5.74) is 1.85. The van der Waals surface area contributed by atoms with Crippen LogP contribution in [0.3, 0.4) is 0 Å². The minimum absolute atomic E-state index is 0.0814. The highest BCUT2D eigenvalue weighted by Gasteiger charge is 2.30. The van der Waals surface area contributed by atoms with Gasteiger partial charge < -0.3 is 9.69 Å². The summed E-state index contributed by atoms with van der Waals surface area (Å²) in [4.78, 5) is 25.7. The SMILES string of the molecule is CN(C)CCN1Cc2cc([N+](=O)[O-])ccc2C1C=O. The lowest BCUT2D eigenvalue weighted by Gasteiger charge is -2.22. The monoisotopic (exact) mass is 263 g/mol. The molecule has 1 unspecified atom stereocenters. The Labute approximate surface area is 111 Å². The quantitative estimate of drug-likeness (QED) is 0.454. The maximum atomic E-state index is 11.3. The molecule has 0 N–H and O–H groups in total. The fourth-order valence-corrected chi connectivity index (χ4v) is 2.35. The van der Waals surface area contributed by atoms with Crippen molar-refractivity contribution in [2.75, 3.05) is 27.2 Å². The summed E-state index contributed by atoms with van der Waals surface area (Å²) in [6.45, 7) is 2.20. The Morgan fingerprint density at radius 2 is 2.26 bits per heavy atom. The molecule has 0 radical (unpaired) electrons. The van der Waals surface area contributed by atoms with Gasteiger partial charge in [0.2, 0.25) is 0 Å². The van der Waals surface area contributed by atoms with Gasteiger partial charge in [-0.15, -0.1) is 0 Å². The maximum Gasteiger partial charge on any atom is 0.269 e. The van der Waals surface area contributed by atoms with Gasteiger partial charge in [-0.05, 0) is 31.3 Å². The molecule has 6 heteroatoms. The third-order valence-corrected chi connectivity index (χ3v) is 3.39. The summed E-state index contributed by atoms with van der Waals surface area (Å²) in [5, 5.41) is 10.8. The summed E-state index contributed by atoms with van der Waals surface area (Å²) >= 11 is 0. The summed E-state index contributed by atoms with van der Waals surface area (Å²) in [6, 6.07) is 4.45. The Bertz CT molecular complexity index is 502. The number of non-ortho nitro benzene ring substituents is 1. The molecule has 0 spiro atoms. The topological polar surface area (TPSA) is 66.7 Å². The van der Waals surface area contributed by atoms with Gasteiger partial charge in [0.1, 0.15) is 6.29 Å². The number of rotatable bonds is 5. The van der Waals surface area contributed by atoms with Crippen LogP contribution in [-0.4, -0.2) is 48.2 Å². The van der Waals surface area contributed by atoms with Gasteiger partial charge in [0.25, 0.3) is 5.69 Å². The first-order valence-electron chi connectivity index (χ1n) is 6.14. The van der Waals surface area contributed by atoms with Gasteiger partial charge in [0.05, 0.1) is 11.0 Å². The van der Waals surface area contributed by atoms with Crippen molar-refractivity contribution in [3.63, 3.8) is 0 Å². The average molecular weight is 263 g/mol. The highest BCUT2D eigenvalue weighted by Crippen LogP contribution is 2.34. The average Bonchev–Trinajstić information content (AvgIpc) is 2.72. The van der Waals surface area contributed by atoms with E-state index >= 15 is 0 Å². The first-order chi connectivity index (χ1) is 9.02. The van der Waals surface area contributed by atoms with Crippen LogP contribution in [0.25, 0.3) is 0 Å². The molecule has 2 rings (SSSR count). The zero-order valence-electron chi connectivity index (χ0n) is 11.1. The number of fused-ring (bicyclic) bond motifs is 1. The first kappa shape index (κ1) is 13.6. The molecule has 1 atom stereocenters. The van der Waals surface area contributed by atoms with E-state index < -0.39 is 4.92 Å². The van der Waals surface area contributed by atoms with E-state index in [1.54, 1.807) is 12.1 Å². The van der Waals surface area contributed by atoms with Crippen molar-refractivity contribution in [2.24, 2.45) is 0 Å². The van der Waals surface area contributed by atoms with Crippen LogP contribution in [0.4, 0.5) is 5.69 Å². The number of hydrogen-bond donors (Lipinski definition) is 0. The predicted molar refractivity (Wildman–Crippen MR) is 70.9 cm³/mol. The Kier molecular flexibility index (Phi) is 3.92. The number of likely N-dealkylation sites (N-methyl/N-ethyl adjacent to an activating group) is 1. The molecule has 0 saturated heterocycles. The third kappa shape index (κ3) is 2.80. The number of carbonyl (C=O) groups is 1. The van der Waals surface area contributed by atoms with Crippen molar-refractivity contribution in [2.45, 2.75) is 12.6 Å². The minimum atomic E-state index is -0.404. The summed E-state index contributed by atoms with van der Waals surface area (Å²) in [5.74, 6) is 0. The van der Waals surface area contributed by atoms with Gasteiger partial charge in [-0.2, -0.15) is 0 Å². The van der Waals surface area contributed by atoms with Crippen LogP contribution in [0.2, 0.25) is 0 Å². The molecule has 0 aromatic heterocycles. The molecular formula is C13H17N3O3. The highest BCUT2D eigenvalue weighted by molar-refractivity contribution is 5.65. The van der Waals surface area contributed by atoms with Gasteiger partial charge >= 0.3 is 0 Å². The van der Waals surface area contributed by atoms with Crippen LogP contribution in [-0.2, 0) is 11.3 Å². The van der Waals surface area contributed by atoms with Gasteiger partial charge in [-0.1, -0.05) is 0 Å². The van der Waals surface area contributed by atoms with Crippen LogP contribution in [0.15, 0.2) is 18.2 Å². The zero-order valence-corrected chi connectivity index (χ0v) is 11.1. The number of benzene rings is 1. The van der Waals surface area contributed by atoms with E-state index in [9.17, 15) is 14.9 Å². The van der Waals surface area contributed by atoms with Crippen molar-refractivity contribution < 1.29 is 9.72 Å². The van der Waals surface area contributed by atoms with Crippen LogP contribution in [0.5, 0.6) is 0 Å². The molecule has 0 amide bonds. The van der Waals surface area contributed by atoms with Crippen molar-refractivity contribution in [1.82, 2.24) is 9.80 Å². The Morgan fingerprint density at radius 3 is 2.84 bits per heavy atom. The van der Waals surface area contributed by atoms with Crippen LogP contribution >= 0.6 is 0 Å². The van der Waals surface area contributed by atoms with E-state index in [-0.39, 0.29) is 11.7 Å². The van der Waals surface area contributed by atoms with E-state index in [0.29, 0.717) is 6.54 Å². The molecule has 1 heterocycles. The second-order valence-corrected chi connectivity index (χ2v) is 4.99. The van der Waals surface area contributed by atoms with Crippen LogP contribution in [0, 0.1) is 10.1 Å². The molecule has 1 aromatic rings. The van der Waals surface area contributed by atoms with Gasteiger partial charge in [-0.25, -0.2) is 0 Å². The van der Waals surface area contributed by atoms with Gasteiger partial charge in [0, 0.05) is 31.8 Å². The lowest BCUT2D eigenvalue weighted by atomic mass is 10.1. The van der Waals surface area contributed by atoms with E-state index in [1.807, 2.05) is 23.9 Å². The second kappa shape index (κ2) is 5.46. The maximum absolute atomic E-state index is 11.3. The van der Waals surface area contributed by atoms with E-state index in [2.05, 4.69) is 0 Å². The number of nitrogens with zero attached hydrogens (tertiary/aromatic N) is 3. The number of hydrogen-bond acceptors (Lipinski definition) is 5. The number of nitro benzene ring substituents is 1. The van der Waals surface area contributed by atoms with E-state index in [4.69, 9.17) is 0 Å². The first-order valence-corrected chi connectivity index (χ1v) is 6.14. The number of aldehydes is 1. The lowest BCUT2D eigenvalue weighted by molar-refractivity contribution is -0.384. The zero-order chi connectivity index (χ0) is 14.0. The van der Waals surface area contributed by atoms with Crippen molar-refractivity contribution in [3.8, 4) is 0 Å². The summed E-state index contributed by atoms with van der Waals surface area (Å²) < 4.78 is 0. The smallest absolute Gasteiger partial charge is 0.269 e. The van der Waals surface area contributed by atoms with Gasteiger partial charge in [-0.3, -0.25) is 15.0 Å². The molecule has 0 bridgehead atoms. The molecule has 6 nitrogen and oxygen atoms in total.